The Morgan fingerprint density at radius 2 is 1.82 bits per heavy atom. The lowest BCUT2D eigenvalue weighted by Gasteiger charge is -2.28. The molecule has 0 radical (unpaired) electrons. The number of carbonyl (C=O) groups excluding carboxylic acids is 1. The minimum absolute atomic E-state index is 0.107. The standard InChI is InChI=1S/C25H26N4O4S/c30-25(27-18-19-8-10-26-24(16-19)28-12-14-33-15-13-28)21-5-3-6-22(17-21)34(31,32)29-11-9-20-4-1-2-7-23(20)29/h1-8,10,16-17H,9,11-15,18H2,(H,27,30). The van der Waals surface area contributed by atoms with Gasteiger partial charge in [0, 0.05) is 37.9 Å². The Hall–Kier alpha value is -3.43. The van der Waals surface area contributed by atoms with Crippen LogP contribution in [0.4, 0.5) is 11.5 Å². The highest BCUT2D eigenvalue weighted by atomic mass is 32.2. The number of para-hydroxylation sites is 1. The molecule has 5 rings (SSSR count). The van der Waals surface area contributed by atoms with Crippen LogP contribution in [0.5, 0.6) is 0 Å². The smallest absolute Gasteiger partial charge is 0.264 e. The van der Waals surface area contributed by atoms with Gasteiger partial charge in [0.1, 0.15) is 5.82 Å². The number of fused-ring (bicyclic) bond motifs is 1. The number of hydrogen-bond donors (Lipinski definition) is 1. The Balaban J connectivity index is 1.29. The van der Waals surface area contributed by atoms with Crippen LogP contribution in [0.1, 0.15) is 21.5 Å². The fourth-order valence-corrected chi connectivity index (χ4v) is 5.85. The predicted octanol–water partition coefficient (Wildman–Crippen LogP) is 2.60. The SMILES string of the molecule is O=C(NCc1ccnc(N2CCOCC2)c1)c1cccc(S(=O)(=O)N2CCc3ccccc32)c1. The molecule has 8 nitrogen and oxygen atoms in total. The van der Waals surface area contributed by atoms with E-state index in [9.17, 15) is 13.2 Å². The first-order valence-corrected chi connectivity index (χ1v) is 12.7. The van der Waals surface area contributed by atoms with Crippen LogP contribution in [0.3, 0.4) is 0 Å². The molecule has 34 heavy (non-hydrogen) atoms. The second-order valence-electron chi connectivity index (χ2n) is 8.29. The first-order valence-electron chi connectivity index (χ1n) is 11.3. The quantitative estimate of drug-likeness (QED) is 0.586. The minimum atomic E-state index is -3.76. The molecule has 1 fully saturated rings. The van der Waals surface area contributed by atoms with Crippen molar-refractivity contribution < 1.29 is 17.9 Å². The third kappa shape index (κ3) is 4.49. The van der Waals surface area contributed by atoms with Gasteiger partial charge in [-0.3, -0.25) is 9.10 Å². The number of ether oxygens (including phenoxy) is 1. The molecule has 1 aromatic heterocycles. The highest BCUT2D eigenvalue weighted by Gasteiger charge is 2.31. The van der Waals surface area contributed by atoms with Gasteiger partial charge in [-0.05, 0) is 53.9 Å². The molecule has 3 heterocycles. The number of nitrogens with zero attached hydrogens (tertiary/aromatic N) is 3. The summed E-state index contributed by atoms with van der Waals surface area (Å²) >= 11 is 0. The van der Waals surface area contributed by atoms with Gasteiger partial charge < -0.3 is 15.0 Å². The summed E-state index contributed by atoms with van der Waals surface area (Å²) in [5.74, 6) is 0.526. The number of pyridine rings is 1. The zero-order chi connectivity index (χ0) is 23.5. The molecular formula is C25H26N4O4S. The number of anilines is 2. The summed E-state index contributed by atoms with van der Waals surface area (Å²) < 4.78 is 33.4. The van der Waals surface area contributed by atoms with E-state index >= 15 is 0 Å². The second-order valence-corrected chi connectivity index (χ2v) is 10.2. The molecule has 0 unspecified atom stereocenters. The Bertz CT molecular complexity index is 1310. The Morgan fingerprint density at radius 1 is 1.00 bits per heavy atom. The van der Waals surface area contributed by atoms with Crippen LogP contribution >= 0.6 is 0 Å². The Kier molecular flexibility index (Phi) is 6.21. The maximum atomic E-state index is 13.3. The first-order chi connectivity index (χ1) is 16.5. The molecular weight excluding hydrogens is 452 g/mol. The average Bonchev–Trinajstić information content (AvgIpc) is 3.33. The first kappa shape index (κ1) is 22.4. The molecule has 3 aromatic rings. The monoisotopic (exact) mass is 478 g/mol. The molecule has 2 aliphatic heterocycles. The van der Waals surface area contributed by atoms with Crippen LogP contribution in [-0.4, -0.2) is 52.2 Å². The largest absolute Gasteiger partial charge is 0.378 e. The Morgan fingerprint density at radius 3 is 2.68 bits per heavy atom. The molecule has 0 bridgehead atoms. The van der Waals surface area contributed by atoms with Crippen LogP contribution in [0.25, 0.3) is 0 Å². The van der Waals surface area contributed by atoms with E-state index in [0.717, 1.165) is 30.0 Å². The van der Waals surface area contributed by atoms with Gasteiger partial charge in [-0.15, -0.1) is 0 Å². The zero-order valence-corrected chi connectivity index (χ0v) is 19.5. The van der Waals surface area contributed by atoms with Gasteiger partial charge in [0.15, 0.2) is 0 Å². The second kappa shape index (κ2) is 9.44. The summed E-state index contributed by atoms with van der Waals surface area (Å²) in [5, 5.41) is 2.89. The molecule has 1 amide bonds. The van der Waals surface area contributed by atoms with Crippen molar-refractivity contribution in [3.63, 3.8) is 0 Å². The summed E-state index contributed by atoms with van der Waals surface area (Å²) in [6.45, 7) is 3.62. The van der Waals surface area contributed by atoms with Crippen molar-refractivity contribution in [2.24, 2.45) is 0 Å². The molecule has 2 aromatic carbocycles. The van der Waals surface area contributed by atoms with Crippen LogP contribution in [0.2, 0.25) is 0 Å². The van der Waals surface area contributed by atoms with E-state index in [0.29, 0.717) is 44.0 Å². The number of morpholine rings is 1. The van der Waals surface area contributed by atoms with Gasteiger partial charge in [-0.1, -0.05) is 24.3 Å². The van der Waals surface area contributed by atoms with E-state index in [1.54, 1.807) is 18.3 Å². The van der Waals surface area contributed by atoms with E-state index in [1.807, 2.05) is 36.4 Å². The van der Waals surface area contributed by atoms with Crippen LogP contribution in [0, 0.1) is 0 Å². The molecule has 0 atom stereocenters. The number of benzene rings is 2. The average molecular weight is 479 g/mol. The summed E-state index contributed by atoms with van der Waals surface area (Å²) in [5.41, 5.74) is 2.93. The normalized spacial score (nSPS) is 15.8. The summed E-state index contributed by atoms with van der Waals surface area (Å²) in [6.07, 6.45) is 2.40. The van der Waals surface area contributed by atoms with Crippen molar-refractivity contribution in [1.82, 2.24) is 10.3 Å². The molecule has 0 spiro atoms. The topological polar surface area (TPSA) is 91.8 Å². The summed E-state index contributed by atoms with van der Waals surface area (Å²) in [6, 6.07) is 17.5. The van der Waals surface area contributed by atoms with Crippen molar-refractivity contribution in [3.8, 4) is 0 Å². The van der Waals surface area contributed by atoms with Crippen molar-refractivity contribution in [1.29, 1.82) is 0 Å². The lowest BCUT2D eigenvalue weighted by molar-refractivity contribution is 0.0950. The fourth-order valence-electron chi connectivity index (χ4n) is 4.30. The minimum Gasteiger partial charge on any atom is -0.378 e. The molecule has 1 saturated heterocycles. The molecule has 0 saturated carbocycles. The van der Waals surface area contributed by atoms with E-state index in [-0.39, 0.29) is 10.8 Å². The predicted molar refractivity (Wildman–Crippen MR) is 130 cm³/mol. The van der Waals surface area contributed by atoms with E-state index in [2.05, 4.69) is 15.2 Å². The van der Waals surface area contributed by atoms with Gasteiger partial charge in [0.25, 0.3) is 15.9 Å². The maximum absolute atomic E-state index is 13.3. The number of aromatic nitrogens is 1. The van der Waals surface area contributed by atoms with Crippen molar-refractivity contribution in [3.05, 3.63) is 83.6 Å². The maximum Gasteiger partial charge on any atom is 0.264 e. The number of rotatable bonds is 6. The van der Waals surface area contributed by atoms with E-state index in [4.69, 9.17) is 4.74 Å². The number of sulfonamides is 1. The van der Waals surface area contributed by atoms with Gasteiger partial charge in [-0.2, -0.15) is 0 Å². The lowest BCUT2D eigenvalue weighted by Crippen LogP contribution is -2.36. The molecule has 176 valence electrons. The van der Waals surface area contributed by atoms with Crippen molar-refractivity contribution >= 4 is 27.4 Å². The molecule has 0 aliphatic carbocycles. The molecule has 9 heteroatoms. The van der Waals surface area contributed by atoms with Gasteiger partial charge in [-0.25, -0.2) is 13.4 Å². The fraction of sp³-hybridized carbons (Fsp3) is 0.280. The van der Waals surface area contributed by atoms with Gasteiger partial charge in [0.2, 0.25) is 0 Å². The van der Waals surface area contributed by atoms with Crippen LogP contribution in [0.15, 0.2) is 71.8 Å². The lowest BCUT2D eigenvalue weighted by atomic mass is 10.2. The zero-order valence-electron chi connectivity index (χ0n) is 18.7. The highest BCUT2D eigenvalue weighted by molar-refractivity contribution is 7.92. The number of nitrogens with one attached hydrogen (secondary N) is 1. The number of amides is 1. The summed E-state index contributed by atoms with van der Waals surface area (Å²) in [7, 11) is -3.76. The van der Waals surface area contributed by atoms with Crippen LogP contribution < -0.4 is 14.5 Å². The number of carbonyl (C=O) groups is 1. The van der Waals surface area contributed by atoms with Gasteiger partial charge >= 0.3 is 0 Å². The van der Waals surface area contributed by atoms with Crippen molar-refractivity contribution in [2.45, 2.75) is 17.9 Å². The summed E-state index contributed by atoms with van der Waals surface area (Å²) in [4.78, 5) is 19.5. The molecule has 1 N–H and O–H groups in total. The van der Waals surface area contributed by atoms with Crippen LogP contribution in [-0.2, 0) is 27.7 Å². The number of hydrogen-bond acceptors (Lipinski definition) is 6. The third-order valence-corrected chi connectivity index (χ3v) is 7.94. The third-order valence-electron chi connectivity index (χ3n) is 6.13. The van der Waals surface area contributed by atoms with E-state index in [1.165, 1.54) is 16.4 Å². The molecule has 2 aliphatic rings. The van der Waals surface area contributed by atoms with E-state index < -0.39 is 10.0 Å². The van der Waals surface area contributed by atoms with Gasteiger partial charge in [0.05, 0.1) is 23.8 Å². The Labute approximate surface area is 199 Å². The highest BCUT2D eigenvalue weighted by Crippen LogP contribution is 2.32. The van der Waals surface area contributed by atoms with Crippen molar-refractivity contribution in [2.75, 3.05) is 42.1 Å².